The lowest BCUT2D eigenvalue weighted by atomic mass is 9.71. The minimum atomic E-state index is -1.94. The van der Waals surface area contributed by atoms with Crippen molar-refractivity contribution in [3.05, 3.63) is 35.9 Å². The fraction of sp³-hybridized carbons (Fsp3) is 0.851. The molecule has 19 atom stereocenters. The number of cyclic esters (lactones) is 1. The molecule has 3 heterocycles. The van der Waals surface area contributed by atoms with Crippen molar-refractivity contribution in [3.63, 3.8) is 0 Å². The first-order valence-electron chi connectivity index (χ1n) is 22.7. The van der Waals surface area contributed by atoms with Gasteiger partial charge in [-0.2, -0.15) is 0 Å². The van der Waals surface area contributed by atoms with Crippen molar-refractivity contribution < 1.29 is 58.7 Å². The summed E-state index contributed by atoms with van der Waals surface area (Å²) >= 11 is 0. The molecular weight excluding hydrogens is 799 g/mol. The Bertz CT molecular complexity index is 1540. The number of likely N-dealkylation sites (N-methyl/N-ethyl adjacent to an activating group) is 2. The molecular formula is C47H83N3O12. The average Bonchev–Trinajstić information content (AvgIpc) is 3.19. The molecule has 0 amide bonds. The van der Waals surface area contributed by atoms with Crippen LogP contribution in [0.2, 0.25) is 0 Å². The third-order valence-electron chi connectivity index (χ3n) is 14.3. The van der Waals surface area contributed by atoms with E-state index >= 15 is 0 Å². The minimum Gasteiger partial charge on any atom is -0.459 e. The van der Waals surface area contributed by atoms with E-state index in [0.29, 0.717) is 13.0 Å². The molecule has 0 saturated carbocycles. The third-order valence-corrected chi connectivity index (χ3v) is 14.3. The summed E-state index contributed by atoms with van der Waals surface area (Å²) in [4.78, 5) is 20.7. The van der Waals surface area contributed by atoms with Gasteiger partial charge in [0.15, 0.2) is 12.6 Å². The molecule has 0 radical (unpaired) electrons. The molecule has 4 rings (SSSR count). The van der Waals surface area contributed by atoms with Crippen LogP contribution >= 0.6 is 0 Å². The number of aliphatic hydroxyl groups is 5. The Balaban J connectivity index is 1.88. The number of rotatable bonds is 12. The van der Waals surface area contributed by atoms with E-state index in [4.69, 9.17) is 28.4 Å². The SMILES string of the molecule is CCC1OC(=O)[C@H](C)C(O[C@H]2C[C@@](C)(OC)[C@@H](O)[C@H](C)O2)[C@H](C)[C@@H](O[C@@H]2O[C@H](C)C[C@H](N(C)C)[C@H]2O)[C@](C)(O)C[C@@H](C)[C@@H](N(C)C)[C@H](C)[C@@H](O)[C@@]1(O)CN(C)Cc1ccccc1. The Labute approximate surface area is 371 Å². The zero-order chi connectivity index (χ0) is 46.6. The maximum Gasteiger partial charge on any atom is 0.311 e. The van der Waals surface area contributed by atoms with E-state index in [1.807, 2.05) is 115 Å². The Hall–Kier alpha value is -1.83. The van der Waals surface area contributed by atoms with Crippen molar-refractivity contribution in [1.82, 2.24) is 14.7 Å². The van der Waals surface area contributed by atoms with Gasteiger partial charge in [-0.3, -0.25) is 9.69 Å². The molecule has 1 aromatic carbocycles. The van der Waals surface area contributed by atoms with E-state index in [-0.39, 0.29) is 43.9 Å². The van der Waals surface area contributed by atoms with Crippen LogP contribution in [-0.2, 0) is 39.8 Å². The molecule has 0 aliphatic carbocycles. The number of ether oxygens (including phenoxy) is 6. The lowest BCUT2D eigenvalue weighted by molar-refractivity contribution is -0.318. The summed E-state index contributed by atoms with van der Waals surface area (Å²) in [6, 6.07) is 9.13. The van der Waals surface area contributed by atoms with Gasteiger partial charge >= 0.3 is 5.97 Å². The van der Waals surface area contributed by atoms with Crippen molar-refractivity contribution in [3.8, 4) is 0 Å². The number of methoxy groups -OCH3 is 1. The minimum absolute atomic E-state index is 0.0200. The van der Waals surface area contributed by atoms with Crippen LogP contribution in [0, 0.1) is 23.7 Å². The van der Waals surface area contributed by atoms with Crippen LogP contribution in [0.1, 0.15) is 93.6 Å². The molecule has 358 valence electrons. The number of carbonyl (C=O) groups is 1. The maximum atomic E-state index is 14.8. The molecule has 2 unspecified atom stereocenters. The molecule has 62 heavy (non-hydrogen) atoms. The van der Waals surface area contributed by atoms with Crippen LogP contribution in [0.25, 0.3) is 0 Å². The van der Waals surface area contributed by atoms with Gasteiger partial charge in [-0.15, -0.1) is 0 Å². The first kappa shape index (κ1) is 52.8. The smallest absolute Gasteiger partial charge is 0.311 e. The van der Waals surface area contributed by atoms with Crippen molar-refractivity contribution in [2.75, 3.05) is 48.9 Å². The van der Waals surface area contributed by atoms with Gasteiger partial charge in [-0.05, 0) is 101 Å². The van der Waals surface area contributed by atoms with Gasteiger partial charge in [0.1, 0.15) is 23.9 Å². The Morgan fingerprint density at radius 3 is 2.03 bits per heavy atom. The second kappa shape index (κ2) is 21.6. The highest BCUT2D eigenvalue weighted by Crippen LogP contribution is 2.42. The zero-order valence-corrected chi connectivity index (χ0v) is 40.3. The summed E-state index contributed by atoms with van der Waals surface area (Å²) < 4.78 is 38.4. The monoisotopic (exact) mass is 882 g/mol. The number of esters is 1. The van der Waals surface area contributed by atoms with E-state index in [0.717, 1.165) is 5.56 Å². The third kappa shape index (κ3) is 11.9. The molecule has 15 heteroatoms. The van der Waals surface area contributed by atoms with Crippen molar-refractivity contribution >= 4 is 5.97 Å². The lowest BCUT2D eigenvalue weighted by Gasteiger charge is -2.50. The van der Waals surface area contributed by atoms with Crippen LogP contribution in [0.15, 0.2) is 30.3 Å². The number of hydrogen-bond acceptors (Lipinski definition) is 15. The molecule has 3 fully saturated rings. The molecule has 0 spiro atoms. The molecule has 3 saturated heterocycles. The molecule has 0 bridgehead atoms. The van der Waals surface area contributed by atoms with Gasteiger partial charge in [0.2, 0.25) is 0 Å². The predicted octanol–water partition coefficient (Wildman–Crippen LogP) is 3.26. The first-order chi connectivity index (χ1) is 28.8. The fourth-order valence-electron chi connectivity index (χ4n) is 11.0. The van der Waals surface area contributed by atoms with Crippen LogP contribution in [0.3, 0.4) is 0 Å². The standard InChI is InChI=1S/C47H83N3O12/c1-16-35-47(56,26-50(14)25-33-20-18-17-19-21-33)40(52)29(4)37(49(12)13)27(2)23-45(8,55)42(62-44-38(51)34(48(10)11)22-28(3)58-44)30(5)39(31(6)43(54)60-35)61-36-24-46(9,57-15)41(53)32(7)59-36/h17-21,27-32,34-42,44,51-53,55-56H,16,22-26H2,1-15H3/t27-,28-,29+,30+,31-,32+,34+,35?,36+,37-,38-,39?,40-,41+,42-,44+,45-,46-,47-/m1/s1. The lowest BCUT2D eigenvalue weighted by Crippen LogP contribution is -2.64. The highest BCUT2D eigenvalue weighted by Gasteiger charge is 2.55. The largest absolute Gasteiger partial charge is 0.459 e. The number of carbonyl (C=O) groups excluding carboxylic acids is 1. The van der Waals surface area contributed by atoms with E-state index in [1.165, 1.54) is 7.11 Å². The number of nitrogens with zero attached hydrogens (tertiary/aromatic N) is 3. The molecule has 15 nitrogen and oxygen atoms in total. The van der Waals surface area contributed by atoms with Crippen LogP contribution < -0.4 is 0 Å². The van der Waals surface area contributed by atoms with Gasteiger partial charge in [-0.1, -0.05) is 58.0 Å². The van der Waals surface area contributed by atoms with Crippen LogP contribution in [0.5, 0.6) is 0 Å². The average molecular weight is 882 g/mol. The van der Waals surface area contributed by atoms with E-state index < -0.39 is 102 Å². The molecule has 5 N–H and O–H groups in total. The summed E-state index contributed by atoms with van der Waals surface area (Å²) in [6.45, 7) is 16.8. The second-order valence-corrected chi connectivity index (χ2v) is 20.1. The number of aliphatic hydroxyl groups excluding tert-OH is 3. The van der Waals surface area contributed by atoms with Gasteiger partial charge in [0.25, 0.3) is 0 Å². The van der Waals surface area contributed by atoms with Crippen molar-refractivity contribution in [2.45, 2.75) is 185 Å². The van der Waals surface area contributed by atoms with Gasteiger partial charge in [0.05, 0.1) is 47.6 Å². The summed E-state index contributed by atoms with van der Waals surface area (Å²) in [5.74, 6) is -3.44. The fourth-order valence-corrected chi connectivity index (χ4v) is 11.0. The van der Waals surface area contributed by atoms with E-state index in [2.05, 4.69) is 0 Å². The van der Waals surface area contributed by atoms with E-state index in [9.17, 15) is 30.3 Å². The summed E-state index contributed by atoms with van der Waals surface area (Å²) in [6.07, 6.45) is -8.79. The number of benzene rings is 1. The van der Waals surface area contributed by atoms with Gasteiger partial charge in [-0.25, -0.2) is 0 Å². The first-order valence-corrected chi connectivity index (χ1v) is 22.7. The van der Waals surface area contributed by atoms with E-state index in [1.54, 1.807) is 27.7 Å². The van der Waals surface area contributed by atoms with Crippen molar-refractivity contribution in [1.29, 1.82) is 0 Å². The van der Waals surface area contributed by atoms with Gasteiger partial charge < -0.3 is 63.8 Å². The summed E-state index contributed by atoms with van der Waals surface area (Å²) in [5.41, 5.74) is -3.62. The Morgan fingerprint density at radius 1 is 0.839 bits per heavy atom. The molecule has 3 aliphatic rings. The number of hydrogen-bond donors (Lipinski definition) is 5. The van der Waals surface area contributed by atoms with Crippen molar-refractivity contribution in [2.24, 2.45) is 23.7 Å². The predicted molar refractivity (Wildman–Crippen MR) is 236 cm³/mol. The van der Waals surface area contributed by atoms with Crippen LogP contribution in [0.4, 0.5) is 0 Å². The summed E-state index contributed by atoms with van der Waals surface area (Å²) in [5, 5.41) is 61.3. The maximum absolute atomic E-state index is 14.8. The Morgan fingerprint density at radius 2 is 1.47 bits per heavy atom. The summed E-state index contributed by atoms with van der Waals surface area (Å²) in [7, 11) is 11.0. The second-order valence-electron chi connectivity index (χ2n) is 20.1. The quantitative estimate of drug-likeness (QED) is 0.193. The topological polar surface area (TPSA) is 183 Å². The highest BCUT2D eigenvalue weighted by molar-refractivity contribution is 5.73. The zero-order valence-electron chi connectivity index (χ0n) is 40.3. The Kier molecular flexibility index (Phi) is 18.4. The highest BCUT2D eigenvalue weighted by atomic mass is 16.7. The molecule has 3 aliphatic heterocycles. The molecule has 0 aromatic heterocycles. The molecule has 1 aromatic rings. The van der Waals surface area contributed by atoms with Crippen LogP contribution in [-0.4, -0.2) is 185 Å². The van der Waals surface area contributed by atoms with Gasteiger partial charge in [0, 0.05) is 50.5 Å². The normalized spacial score (nSPS) is 44.3.